The van der Waals surface area contributed by atoms with Crippen molar-refractivity contribution in [1.82, 2.24) is 0 Å². The van der Waals surface area contributed by atoms with E-state index in [2.05, 4.69) is 40.2 Å². The van der Waals surface area contributed by atoms with E-state index in [0.717, 1.165) is 25.0 Å². The molecule has 3 rings (SSSR count). The lowest BCUT2D eigenvalue weighted by molar-refractivity contribution is 0.0662. The minimum atomic E-state index is 0.492. The highest BCUT2D eigenvalue weighted by atomic mass is 79.9. The van der Waals surface area contributed by atoms with Crippen LogP contribution in [-0.2, 0) is 4.74 Å². The predicted molar refractivity (Wildman–Crippen MR) is 87.5 cm³/mol. The fourth-order valence-corrected chi connectivity index (χ4v) is 4.50. The Labute approximate surface area is 131 Å². The summed E-state index contributed by atoms with van der Waals surface area (Å²) in [5.74, 6) is 1.54. The van der Waals surface area contributed by atoms with Crippen molar-refractivity contribution in [3.05, 3.63) is 35.4 Å². The van der Waals surface area contributed by atoms with Gasteiger partial charge in [0.2, 0.25) is 0 Å². The molecule has 1 aromatic carbocycles. The van der Waals surface area contributed by atoms with Crippen LogP contribution in [0.25, 0.3) is 0 Å². The second kappa shape index (κ2) is 7.09. The number of alkyl halides is 1. The minimum Gasteiger partial charge on any atom is -0.381 e. The molecule has 110 valence electrons. The largest absolute Gasteiger partial charge is 0.381 e. The van der Waals surface area contributed by atoms with E-state index < -0.39 is 0 Å². The fourth-order valence-electron chi connectivity index (χ4n) is 3.67. The topological polar surface area (TPSA) is 9.23 Å². The van der Waals surface area contributed by atoms with Crippen LogP contribution in [0.15, 0.2) is 24.3 Å². The van der Waals surface area contributed by atoms with E-state index >= 15 is 0 Å². The van der Waals surface area contributed by atoms with Crippen molar-refractivity contribution < 1.29 is 4.74 Å². The Balaban J connectivity index is 1.65. The highest BCUT2D eigenvalue weighted by molar-refractivity contribution is 9.09. The maximum Gasteiger partial charge on any atom is 0.0469 e. The van der Waals surface area contributed by atoms with Crippen LogP contribution >= 0.6 is 15.9 Å². The lowest BCUT2D eigenvalue weighted by Crippen LogP contribution is -2.19. The summed E-state index contributed by atoms with van der Waals surface area (Å²) in [6.07, 6.45) is 9.39. The summed E-state index contributed by atoms with van der Waals surface area (Å²) in [6, 6.07) is 9.44. The number of rotatable bonds is 3. The molecule has 0 spiro atoms. The molecule has 1 aromatic rings. The lowest BCUT2D eigenvalue weighted by atomic mass is 9.83. The van der Waals surface area contributed by atoms with E-state index in [1.165, 1.54) is 50.5 Å². The fraction of sp³-hybridized carbons (Fsp3) is 0.667. The number of hydrogen-bond donors (Lipinski definition) is 0. The van der Waals surface area contributed by atoms with Crippen molar-refractivity contribution in [2.75, 3.05) is 13.2 Å². The molecule has 0 N–H and O–H groups in total. The SMILES string of the molecule is BrC(c1ccc(C2CCCCC2)cc1)C1CCOCC1. The molecular weight excluding hydrogens is 312 g/mol. The van der Waals surface area contributed by atoms with Crippen LogP contribution in [0.3, 0.4) is 0 Å². The van der Waals surface area contributed by atoms with E-state index in [9.17, 15) is 0 Å². The molecule has 1 aliphatic carbocycles. The van der Waals surface area contributed by atoms with E-state index in [0.29, 0.717) is 4.83 Å². The van der Waals surface area contributed by atoms with Crippen molar-refractivity contribution in [3.8, 4) is 0 Å². The number of hydrogen-bond acceptors (Lipinski definition) is 1. The monoisotopic (exact) mass is 336 g/mol. The Morgan fingerprint density at radius 2 is 1.55 bits per heavy atom. The van der Waals surface area contributed by atoms with Crippen molar-refractivity contribution in [2.45, 2.75) is 55.7 Å². The molecule has 2 aliphatic rings. The first kappa shape index (κ1) is 14.6. The standard InChI is InChI=1S/C18H25BrO/c19-18(17-10-12-20-13-11-17)16-8-6-15(7-9-16)14-4-2-1-3-5-14/h6-9,14,17-18H,1-5,10-13H2. The second-order valence-corrected chi connectivity index (χ2v) is 7.34. The highest BCUT2D eigenvalue weighted by Gasteiger charge is 2.23. The first-order valence-electron chi connectivity index (χ1n) is 8.16. The summed E-state index contributed by atoms with van der Waals surface area (Å²) >= 11 is 3.91. The third-order valence-electron chi connectivity index (χ3n) is 5.01. The van der Waals surface area contributed by atoms with Gasteiger partial charge < -0.3 is 4.74 Å². The Morgan fingerprint density at radius 3 is 2.20 bits per heavy atom. The Morgan fingerprint density at radius 1 is 0.900 bits per heavy atom. The summed E-state index contributed by atoms with van der Waals surface area (Å²) in [4.78, 5) is 0.492. The molecule has 1 unspecified atom stereocenters. The number of benzene rings is 1. The van der Waals surface area contributed by atoms with Crippen LogP contribution in [0.1, 0.15) is 66.8 Å². The van der Waals surface area contributed by atoms with Crippen molar-refractivity contribution >= 4 is 15.9 Å². The van der Waals surface area contributed by atoms with E-state index in [-0.39, 0.29) is 0 Å². The van der Waals surface area contributed by atoms with Crippen molar-refractivity contribution in [1.29, 1.82) is 0 Å². The third-order valence-corrected chi connectivity index (χ3v) is 6.29. The van der Waals surface area contributed by atoms with Gasteiger partial charge in [-0.15, -0.1) is 0 Å². The molecule has 1 heterocycles. The maximum atomic E-state index is 5.46. The van der Waals surface area contributed by atoms with Crippen molar-refractivity contribution in [3.63, 3.8) is 0 Å². The summed E-state index contributed by atoms with van der Waals surface area (Å²) in [7, 11) is 0. The van der Waals surface area contributed by atoms with Gasteiger partial charge in [-0.25, -0.2) is 0 Å². The van der Waals surface area contributed by atoms with Gasteiger partial charge in [0.25, 0.3) is 0 Å². The van der Waals surface area contributed by atoms with Gasteiger partial charge in [0.15, 0.2) is 0 Å². The molecular formula is C18H25BrO. The summed E-state index contributed by atoms with van der Waals surface area (Å²) in [5, 5.41) is 0. The van der Waals surface area contributed by atoms with Gasteiger partial charge in [0.1, 0.15) is 0 Å². The summed E-state index contributed by atoms with van der Waals surface area (Å²) in [6.45, 7) is 1.85. The molecule has 0 bridgehead atoms. The van der Waals surface area contributed by atoms with Gasteiger partial charge in [-0.2, -0.15) is 0 Å². The second-order valence-electron chi connectivity index (χ2n) is 6.35. The van der Waals surface area contributed by atoms with Crippen LogP contribution in [0.5, 0.6) is 0 Å². The molecule has 0 amide bonds. The average molecular weight is 337 g/mol. The number of halogens is 1. The molecule has 1 nitrogen and oxygen atoms in total. The van der Waals surface area contributed by atoms with Crippen LogP contribution in [0, 0.1) is 5.92 Å². The third kappa shape index (κ3) is 3.46. The lowest BCUT2D eigenvalue weighted by Gasteiger charge is -2.27. The highest BCUT2D eigenvalue weighted by Crippen LogP contribution is 2.38. The van der Waals surface area contributed by atoms with Gasteiger partial charge in [-0.05, 0) is 48.6 Å². The summed E-state index contributed by atoms with van der Waals surface area (Å²) < 4.78 is 5.46. The molecule has 1 aliphatic heterocycles. The zero-order valence-electron chi connectivity index (χ0n) is 12.2. The molecule has 0 aromatic heterocycles. The van der Waals surface area contributed by atoms with Gasteiger partial charge in [-0.3, -0.25) is 0 Å². The van der Waals surface area contributed by atoms with Gasteiger partial charge >= 0.3 is 0 Å². The van der Waals surface area contributed by atoms with Crippen LogP contribution in [0.4, 0.5) is 0 Å². The zero-order chi connectivity index (χ0) is 13.8. The molecule has 2 fully saturated rings. The van der Waals surface area contributed by atoms with Gasteiger partial charge in [0, 0.05) is 18.0 Å². The molecule has 1 saturated heterocycles. The average Bonchev–Trinajstić information content (AvgIpc) is 2.56. The first-order chi connectivity index (χ1) is 9.84. The normalized spacial score (nSPS) is 23.6. The number of ether oxygens (including phenoxy) is 1. The molecule has 1 atom stereocenters. The Hall–Kier alpha value is -0.340. The van der Waals surface area contributed by atoms with Crippen LogP contribution in [-0.4, -0.2) is 13.2 Å². The minimum absolute atomic E-state index is 0.492. The van der Waals surface area contributed by atoms with Crippen molar-refractivity contribution in [2.24, 2.45) is 5.92 Å². The van der Waals surface area contributed by atoms with Gasteiger partial charge in [0.05, 0.1) is 0 Å². The molecule has 0 radical (unpaired) electrons. The van der Waals surface area contributed by atoms with E-state index in [1.54, 1.807) is 5.56 Å². The molecule has 1 saturated carbocycles. The van der Waals surface area contributed by atoms with Gasteiger partial charge in [-0.1, -0.05) is 59.5 Å². The van der Waals surface area contributed by atoms with E-state index in [4.69, 9.17) is 4.74 Å². The van der Waals surface area contributed by atoms with Crippen LogP contribution < -0.4 is 0 Å². The van der Waals surface area contributed by atoms with Crippen LogP contribution in [0.2, 0.25) is 0 Å². The molecule has 20 heavy (non-hydrogen) atoms. The summed E-state index contributed by atoms with van der Waals surface area (Å²) in [5.41, 5.74) is 3.00. The Bertz CT molecular complexity index is 402. The maximum absolute atomic E-state index is 5.46. The van der Waals surface area contributed by atoms with E-state index in [1.807, 2.05) is 0 Å². The molecule has 2 heteroatoms. The first-order valence-corrected chi connectivity index (χ1v) is 9.08. The smallest absolute Gasteiger partial charge is 0.0469 e. The quantitative estimate of drug-likeness (QED) is 0.653. The zero-order valence-corrected chi connectivity index (χ0v) is 13.8. The Kier molecular flexibility index (Phi) is 5.17. The predicted octanol–water partition coefficient (Wildman–Crippen LogP) is 5.60.